The number of fused-ring (bicyclic) bond motifs is 1. The van der Waals surface area contributed by atoms with Gasteiger partial charge in [0.25, 0.3) is 17.7 Å². The quantitative estimate of drug-likeness (QED) is 0.675. The second kappa shape index (κ2) is 9.17. The molecule has 0 saturated carbocycles. The van der Waals surface area contributed by atoms with Crippen LogP contribution in [0, 0.1) is 5.92 Å². The first-order chi connectivity index (χ1) is 15.8. The molecule has 1 atom stereocenters. The van der Waals surface area contributed by atoms with E-state index >= 15 is 0 Å². The Morgan fingerprint density at radius 2 is 1.70 bits per heavy atom. The van der Waals surface area contributed by atoms with Gasteiger partial charge in [-0.15, -0.1) is 0 Å². The van der Waals surface area contributed by atoms with Gasteiger partial charge in [-0.3, -0.25) is 28.8 Å². The van der Waals surface area contributed by atoms with Gasteiger partial charge in [0.05, 0.1) is 22.9 Å². The van der Waals surface area contributed by atoms with Crippen molar-refractivity contribution in [2.24, 2.45) is 13.0 Å². The summed E-state index contributed by atoms with van der Waals surface area (Å²) in [5.74, 6) is -1.09. The van der Waals surface area contributed by atoms with Crippen LogP contribution < -0.4 is 5.32 Å². The molecule has 2 aliphatic heterocycles. The van der Waals surface area contributed by atoms with E-state index in [2.05, 4.69) is 10.4 Å². The zero-order valence-corrected chi connectivity index (χ0v) is 19.2. The fourth-order valence-corrected chi connectivity index (χ4v) is 4.52. The first-order valence-corrected chi connectivity index (χ1v) is 11.3. The first kappa shape index (κ1) is 22.7. The molecule has 4 amide bonds. The van der Waals surface area contributed by atoms with Crippen molar-refractivity contribution in [3.05, 3.63) is 53.3 Å². The van der Waals surface area contributed by atoms with E-state index in [1.807, 2.05) is 13.8 Å². The Kier molecular flexibility index (Phi) is 6.31. The van der Waals surface area contributed by atoms with Crippen LogP contribution >= 0.6 is 0 Å². The maximum absolute atomic E-state index is 13.5. The maximum Gasteiger partial charge on any atom is 0.262 e. The van der Waals surface area contributed by atoms with Crippen molar-refractivity contribution < 1.29 is 19.2 Å². The molecule has 0 spiro atoms. The SMILES string of the molecule is CC(C)CC(C(=O)N1CCC(NC(=O)c2cnn(C)c2)CC1)N1C(=O)c2ccccc2C1=O. The van der Waals surface area contributed by atoms with Crippen molar-refractivity contribution in [3.8, 4) is 0 Å². The highest BCUT2D eigenvalue weighted by molar-refractivity contribution is 6.22. The minimum atomic E-state index is -0.834. The van der Waals surface area contributed by atoms with Gasteiger partial charge in [0, 0.05) is 32.4 Å². The Balaban J connectivity index is 1.43. The van der Waals surface area contributed by atoms with Gasteiger partial charge in [0.2, 0.25) is 5.91 Å². The van der Waals surface area contributed by atoms with Crippen molar-refractivity contribution in [1.29, 1.82) is 0 Å². The predicted octanol–water partition coefficient (Wildman–Crippen LogP) is 1.85. The lowest BCUT2D eigenvalue weighted by molar-refractivity contribution is -0.137. The van der Waals surface area contributed by atoms with Crippen LogP contribution in [0.25, 0.3) is 0 Å². The standard InChI is InChI=1S/C24H29N5O4/c1-15(2)12-20(29-22(31)18-6-4-5-7-19(18)23(29)32)24(33)28-10-8-17(9-11-28)26-21(30)16-13-25-27(3)14-16/h4-7,13-15,17,20H,8-12H2,1-3H3,(H,26,30). The third-order valence-electron chi connectivity index (χ3n) is 6.23. The minimum absolute atomic E-state index is 0.0513. The molecule has 1 aromatic heterocycles. The molecule has 1 unspecified atom stereocenters. The van der Waals surface area contributed by atoms with E-state index < -0.39 is 17.9 Å². The molecule has 4 rings (SSSR count). The molecule has 2 aromatic rings. The Morgan fingerprint density at radius 1 is 1.09 bits per heavy atom. The second-order valence-electron chi connectivity index (χ2n) is 9.15. The third-order valence-corrected chi connectivity index (χ3v) is 6.23. The van der Waals surface area contributed by atoms with E-state index in [-0.39, 0.29) is 23.8 Å². The average Bonchev–Trinajstić information content (AvgIpc) is 3.34. The number of aromatic nitrogens is 2. The van der Waals surface area contributed by atoms with Crippen LogP contribution in [0.2, 0.25) is 0 Å². The third kappa shape index (κ3) is 4.53. The largest absolute Gasteiger partial charge is 0.349 e. The molecular formula is C24H29N5O4. The zero-order chi connectivity index (χ0) is 23.7. The van der Waals surface area contributed by atoms with Gasteiger partial charge < -0.3 is 10.2 Å². The number of hydrogen-bond acceptors (Lipinski definition) is 5. The number of benzene rings is 1. The van der Waals surface area contributed by atoms with Crippen molar-refractivity contribution in [1.82, 2.24) is 24.9 Å². The first-order valence-electron chi connectivity index (χ1n) is 11.3. The fourth-order valence-electron chi connectivity index (χ4n) is 4.52. The molecule has 9 heteroatoms. The van der Waals surface area contributed by atoms with Crippen LogP contribution in [0.15, 0.2) is 36.7 Å². The van der Waals surface area contributed by atoms with Gasteiger partial charge in [0.1, 0.15) is 6.04 Å². The highest BCUT2D eigenvalue weighted by atomic mass is 16.2. The lowest BCUT2D eigenvalue weighted by atomic mass is 9.98. The number of imide groups is 1. The van der Waals surface area contributed by atoms with E-state index in [1.54, 1.807) is 47.1 Å². The van der Waals surface area contributed by atoms with Crippen LogP contribution in [0.4, 0.5) is 0 Å². The predicted molar refractivity (Wildman–Crippen MR) is 120 cm³/mol. The van der Waals surface area contributed by atoms with Gasteiger partial charge >= 0.3 is 0 Å². The van der Waals surface area contributed by atoms with E-state index in [0.717, 1.165) is 4.90 Å². The Hall–Kier alpha value is -3.49. The molecule has 1 saturated heterocycles. The van der Waals surface area contributed by atoms with Gasteiger partial charge in [-0.2, -0.15) is 5.10 Å². The number of hydrogen-bond donors (Lipinski definition) is 1. The molecule has 0 aliphatic carbocycles. The number of amides is 4. The Labute approximate surface area is 192 Å². The molecule has 2 aliphatic rings. The Bertz CT molecular complexity index is 1050. The van der Waals surface area contributed by atoms with E-state index in [0.29, 0.717) is 49.0 Å². The number of carbonyl (C=O) groups excluding carboxylic acids is 4. The Morgan fingerprint density at radius 3 is 2.21 bits per heavy atom. The molecule has 174 valence electrons. The van der Waals surface area contributed by atoms with Crippen molar-refractivity contribution >= 4 is 23.6 Å². The van der Waals surface area contributed by atoms with Gasteiger partial charge in [-0.05, 0) is 37.3 Å². The summed E-state index contributed by atoms with van der Waals surface area (Å²) in [5.41, 5.74) is 1.19. The van der Waals surface area contributed by atoms with Gasteiger partial charge in [-0.25, -0.2) is 0 Å². The number of carbonyl (C=O) groups is 4. The lowest BCUT2D eigenvalue weighted by Crippen LogP contribution is -2.54. The molecule has 1 N–H and O–H groups in total. The minimum Gasteiger partial charge on any atom is -0.349 e. The van der Waals surface area contributed by atoms with Gasteiger partial charge in [-0.1, -0.05) is 26.0 Å². The van der Waals surface area contributed by atoms with Crippen LogP contribution in [0.5, 0.6) is 0 Å². The van der Waals surface area contributed by atoms with Crippen molar-refractivity contribution in [2.45, 2.75) is 45.2 Å². The molecule has 3 heterocycles. The van der Waals surface area contributed by atoms with Crippen LogP contribution in [0.3, 0.4) is 0 Å². The number of piperidine rings is 1. The smallest absolute Gasteiger partial charge is 0.262 e. The second-order valence-corrected chi connectivity index (χ2v) is 9.15. The highest BCUT2D eigenvalue weighted by Crippen LogP contribution is 2.28. The summed E-state index contributed by atoms with van der Waals surface area (Å²) in [6, 6.07) is 5.81. The molecule has 0 bridgehead atoms. The van der Waals surface area contributed by atoms with E-state index in [9.17, 15) is 19.2 Å². The fraction of sp³-hybridized carbons (Fsp3) is 0.458. The summed E-state index contributed by atoms with van der Waals surface area (Å²) in [7, 11) is 1.75. The maximum atomic E-state index is 13.5. The monoisotopic (exact) mass is 451 g/mol. The number of nitrogens with one attached hydrogen (secondary N) is 1. The topological polar surface area (TPSA) is 105 Å². The molecule has 33 heavy (non-hydrogen) atoms. The number of rotatable bonds is 6. The number of likely N-dealkylation sites (tertiary alicyclic amines) is 1. The normalized spacial score (nSPS) is 17.5. The van der Waals surface area contributed by atoms with Crippen molar-refractivity contribution in [2.75, 3.05) is 13.1 Å². The average molecular weight is 452 g/mol. The molecule has 1 fully saturated rings. The van der Waals surface area contributed by atoms with Crippen LogP contribution in [-0.2, 0) is 11.8 Å². The summed E-state index contributed by atoms with van der Waals surface area (Å²) in [6.45, 7) is 4.85. The lowest BCUT2D eigenvalue weighted by Gasteiger charge is -2.36. The number of aryl methyl sites for hydroxylation is 1. The summed E-state index contributed by atoms with van der Waals surface area (Å²) in [6.07, 6.45) is 4.80. The highest BCUT2D eigenvalue weighted by Gasteiger charge is 2.44. The molecule has 0 radical (unpaired) electrons. The van der Waals surface area contributed by atoms with E-state index in [1.165, 1.54) is 6.20 Å². The van der Waals surface area contributed by atoms with Crippen molar-refractivity contribution in [3.63, 3.8) is 0 Å². The molecular weight excluding hydrogens is 422 g/mol. The molecule has 1 aromatic carbocycles. The molecule has 9 nitrogen and oxygen atoms in total. The summed E-state index contributed by atoms with van der Waals surface area (Å²) in [4.78, 5) is 54.8. The zero-order valence-electron chi connectivity index (χ0n) is 19.2. The summed E-state index contributed by atoms with van der Waals surface area (Å²) >= 11 is 0. The summed E-state index contributed by atoms with van der Waals surface area (Å²) in [5, 5.41) is 7.02. The number of nitrogens with zero attached hydrogens (tertiary/aromatic N) is 4. The van der Waals surface area contributed by atoms with Crippen LogP contribution in [-0.4, -0.2) is 68.4 Å². The van der Waals surface area contributed by atoms with Gasteiger partial charge in [0.15, 0.2) is 0 Å². The summed E-state index contributed by atoms with van der Waals surface area (Å²) < 4.78 is 1.57. The van der Waals surface area contributed by atoms with Crippen LogP contribution in [0.1, 0.15) is 64.2 Å². The van der Waals surface area contributed by atoms with E-state index in [4.69, 9.17) is 0 Å².